The average molecular weight is 251 g/mol. The van der Waals surface area contributed by atoms with Gasteiger partial charge in [-0.15, -0.1) is 11.3 Å². The Kier molecular flexibility index (Phi) is 3.20. The van der Waals surface area contributed by atoms with E-state index in [0.717, 1.165) is 5.01 Å². The Hall–Kier alpha value is -1.93. The van der Waals surface area contributed by atoms with E-state index < -0.39 is 0 Å². The van der Waals surface area contributed by atoms with E-state index in [-0.39, 0.29) is 5.92 Å². The molecule has 0 N–H and O–H groups in total. The van der Waals surface area contributed by atoms with Crippen LogP contribution in [0.4, 0.5) is 0 Å². The highest BCUT2D eigenvalue weighted by molar-refractivity contribution is 7.09. The Labute approximate surface area is 111 Å². The van der Waals surface area contributed by atoms with E-state index in [1.807, 2.05) is 23.7 Å². The van der Waals surface area contributed by atoms with Crippen LogP contribution in [0.15, 0.2) is 72.2 Å². The minimum atomic E-state index is 0.243. The van der Waals surface area contributed by atoms with Crippen molar-refractivity contribution in [2.45, 2.75) is 5.92 Å². The summed E-state index contributed by atoms with van der Waals surface area (Å²) in [7, 11) is 0. The zero-order chi connectivity index (χ0) is 12.2. The van der Waals surface area contributed by atoms with Gasteiger partial charge in [0.05, 0.1) is 5.92 Å². The maximum absolute atomic E-state index is 4.49. The predicted molar refractivity (Wildman–Crippen MR) is 75.9 cm³/mol. The van der Waals surface area contributed by atoms with Gasteiger partial charge in [0.25, 0.3) is 0 Å². The van der Waals surface area contributed by atoms with Gasteiger partial charge >= 0.3 is 0 Å². The molecule has 0 bridgehead atoms. The first-order valence-corrected chi connectivity index (χ1v) is 6.82. The largest absolute Gasteiger partial charge is 0.249 e. The lowest BCUT2D eigenvalue weighted by molar-refractivity contribution is 0.956. The summed E-state index contributed by atoms with van der Waals surface area (Å²) in [5, 5.41) is 3.18. The van der Waals surface area contributed by atoms with Gasteiger partial charge in [0, 0.05) is 11.6 Å². The van der Waals surface area contributed by atoms with E-state index in [1.54, 1.807) is 11.3 Å². The van der Waals surface area contributed by atoms with E-state index >= 15 is 0 Å². The fourth-order valence-corrected chi connectivity index (χ4v) is 2.94. The topological polar surface area (TPSA) is 12.9 Å². The average Bonchev–Trinajstić information content (AvgIpc) is 2.95. The molecule has 0 fully saturated rings. The van der Waals surface area contributed by atoms with Crippen molar-refractivity contribution in [3.63, 3.8) is 0 Å². The molecule has 0 atom stereocenters. The normalized spacial score (nSPS) is 10.7. The molecule has 2 heteroatoms. The van der Waals surface area contributed by atoms with Crippen molar-refractivity contribution in [2.75, 3.05) is 0 Å². The van der Waals surface area contributed by atoms with Crippen molar-refractivity contribution in [3.05, 3.63) is 88.4 Å². The number of rotatable bonds is 3. The maximum Gasteiger partial charge on any atom is 0.104 e. The van der Waals surface area contributed by atoms with Crippen molar-refractivity contribution in [2.24, 2.45) is 0 Å². The number of hydrogen-bond donors (Lipinski definition) is 0. The third-order valence-electron chi connectivity index (χ3n) is 2.96. The van der Waals surface area contributed by atoms with Crippen molar-refractivity contribution in [3.8, 4) is 0 Å². The molecule has 3 aromatic rings. The van der Waals surface area contributed by atoms with Crippen LogP contribution in [-0.4, -0.2) is 4.98 Å². The summed E-state index contributed by atoms with van der Waals surface area (Å²) < 4.78 is 0. The molecule has 3 rings (SSSR count). The molecular weight excluding hydrogens is 238 g/mol. The quantitative estimate of drug-likeness (QED) is 0.675. The number of thiazole rings is 1. The van der Waals surface area contributed by atoms with Gasteiger partial charge in [-0.2, -0.15) is 0 Å². The number of aromatic nitrogens is 1. The van der Waals surface area contributed by atoms with Gasteiger partial charge in [0.15, 0.2) is 0 Å². The lowest BCUT2D eigenvalue weighted by Crippen LogP contribution is -2.02. The van der Waals surface area contributed by atoms with E-state index in [0.29, 0.717) is 0 Å². The van der Waals surface area contributed by atoms with Gasteiger partial charge in [-0.25, -0.2) is 4.98 Å². The van der Waals surface area contributed by atoms with Gasteiger partial charge in [-0.3, -0.25) is 0 Å². The predicted octanol–water partition coefficient (Wildman–Crippen LogP) is 4.32. The molecule has 1 aromatic heterocycles. The highest BCUT2D eigenvalue weighted by Gasteiger charge is 2.18. The Morgan fingerprint density at radius 1 is 0.778 bits per heavy atom. The Balaban J connectivity index is 2.11. The van der Waals surface area contributed by atoms with E-state index in [2.05, 4.69) is 53.5 Å². The second-order valence-electron chi connectivity index (χ2n) is 4.12. The van der Waals surface area contributed by atoms with Crippen LogP contribution in [-0.2, 0) is 0 Å². The SMILES string of the molecule is c1ccc(C(c2ccccc2)c2nccs2)cc1. The minimum Gasteiger partial charge on any atom is -0.249 e. The summed E-state index contributed by atoms with van der Waals surface area (Å²) in [5.74, 6) is 0.243. The monoisotopic (exact) mass is 251 g/mol. The van der Waals surface area contributed by atoms with Crippen LogP contribution in [0.25, 0.3) is 0 Å². The maximum atomic E-state index is 4.49. The molecule has 0 saturated heterocycles. The second-order valence-corrected chi connectivity index (χ2v) is 5.05. The molecular formula is C16H13NS. The zero-order valence-electron chi connectivity index (χ0n) is 9.86. The third kappa shape index (κ3) is 2.20. The zero-order valence-corrected chi connectivity index (χ0v) is 10.7. The highest BCUT2D eigenvalue weighted by atomic mass is 32.1. The van der Waals surface area contributed by atoms with Crippen LogP contribution >= 0.6 is 11.3 Å². The minimum absolute atomic E-state index is 0.243. The summed E-state index contributed by atoms with van der Waals surface area (Å²) in [4.78, 5) is 4.49. The lowest BCUT2D eigenvalue weighted by atomic mass is 9.92. The smallest absolute Gasteiger partial charge is 0.104 e. The first-order chi connectivity index (χ1) is 8.95. The van der Waals surface area contributed by atoms with Gasteiger partial charge < -0.3 is 0 Å². The van der Waals surface area contributed by atoms with Crippen molar-refractivity contribution >= 4 is 11.3 Å². The van der Waals surface area contributed by atoms with Crippen LogP contribution in [0.3, 0.4) is 0 Å². The van der Waals surface area contributed by atoms with Crippen molar-refractivity contribution < 1.29 is 0 Å². The molecule has 0 spiro atoms. The number of nitrogens with zero attached hydrogens (tertiary/aromatic N) is 1. The first-order valence-electron chi connectivity index (χ1n) is 5.94. The van der Waals surface area contributed by atoms with E-state index in [1.165, 1.54) is 11.1 Å². The molecule has 0 radical (unpaired) electrons. The summed E-state index contributed by atoms with van der Waals surface area (Å²) in [6, 6.07) is 21.1. The number of benzene rings is 2. The molecule has 88 valence electrons. The van der Waals surface area contributed by atoms with E-state index in [4.69, 9.17) is 0 Å². The van der Waals surface area contributed by atoms with Crippen LogP contribution in [0.2, 0.25) is 0 Å². The first kappa shape index (κ1) is 11.2. The second kappa shape index (κ2) is 5.15. The van der Waals surface area contributed by atoms with Crippen molar-refractivity contribution in [1.29, 1.82) is 0 Å². The molecule has 0 aliphatic rings. The fourth-order valence-electron chi connectivity index (χ4n) is 2.15. The summed E-state index contributed by atoms with van der Waals surface area (Å²) in [6.07, 6.45) is 1.87. The Morgan fingerprint density at radius 3 is 1.78 bits per heavy atom. The Bertz CT molecular complexity index is 548. The van der Waals surface area contributed by atoms with Crippen LogP contribution in [0.1, 0.15) is 22.1 Å². The highest BCUT2D eigenvalue weighted by Crippen LogP contribution is 2.32. The van der Waals surface area contributed by atoms with Gasteiger partial charge in [-0.05, 0) is 11.1 Å². The molecule has 2 aromatic carbocycles. The van der Waals surface area contributed by atoms with Crippen LogP contribution < -0.4 is 0 Å². The summed E-state index contributed by atoms with van der Waals surface area (Å²) >= 11 is 1.71. The van der Waals surface area contributed by atoms with Gasteiger partial charge in [0.2, 0.25) is 0 Å². The Morgan fingerprint density at radius 2 is 1.33 bits per heavy atom. The van der Waals surface area contributed by atoms with Crippen LogP contribution in [0, 0.1) is 0 Å². The van der Waals surface area contributed by atoms with Gasteiger partial charge in [0.1, 0.15) is 5.01 Å². The van der Waals surface area contributed by atoms with Crippen LogP contribution in [0.5, 0.6) is 0 Å². The molecule has 0 saturated carbocycles. The summed E-state index contributed by atoms with van der Waals surface area (Å²) in [5.41, 5.74) is 2.58. The molecule has 1 nitrogen and oxygen atoms in total. The lowest BCUT2D eigenvalue weighted by Gasteiger charge is -2.15. The molecule has 0 aliphatic heterocycles. The molecule has 18 heavy (non-hydrogen) atoms. The third-order valence-corrected chi connectivity index (χ3v) is 3.80. The van der Waals surface area contributed by atoms with E-state index in [9.17, 15) is 0 Å². The molecule has 0 unspecified atom stereocenters. The fraction of sp³-hybridized carbons (Fsp3) is 0.0625. The van der Waals surface area contributed by atoms with Gasteiger partial charge in [-0.1, -0.05) is 60.7 Å². The molecule has 0 amide bonds. The van der Waals surface area contributed by atoms with Crippen molar-refractivity contribution in [1.82, 2.24) is 4.98 Å². The molecule has 1 heterocycles. The summed E-state index contributed by atoms with van der Waals surface area (Å²) in [6.45, 7) is 0. The molecule has 0 aliphatic carbocycles. The number of hydrogen-bond acceptors (Lipinski definition) is 2. The standard InChI is InChI=1S/C16H13NS/c1-3-7-13(8-4-1)15(16-17-11-12-18-16)14-9-5-2-6-10-14/h1-12,15H.